The van der Waals surface area contributed by atoms with Crippen LogP contribution < -0.4 is 19.1 Å². The number of amides is 1. The SMILES string of the molecule is CCOc1cc(C2/C(=C(\O)c3ccc4c(c3)CC(C)O4)C(=O)C(=O)N2c2nnc(SCc3ccc(F)cc3)s2)ccc1OCCC(C)C. The molecular weight excluding hydrogens is 654 g/mol. The average Bonchev–Trinajstić information content (AvgIpc) is 3.75. The molecule has 1 aromatic heterocycles. The first-order valence-corrected chi connectivity index (χ1v) is 17.6. The summed E-state index contributed by atoms with van der Waals surface area (Å²) in [5.41, 5.74) is 2.67. The number of benzene rings is 3. The third kappa shape index (κ3) is 7.05. The van der Waals surface area contributed by atoms with Crippen LogP contribution in [-0.2, 0) is 21.8 Å². The number of fused-ring (bicyclic) bond motifs is 1. The van der Waals surface area contributed by atoms with Crippen LogP contribution in [0.3, 0.4) is 0 Å². The number of aliphatic hydroxyl groups is 1. The van der Waals surface area contributed by atoms with Gasteiger partial charge < -0.3 is 19.3 Å². The van der Waals surface area contributed by atoms with Crippen molar-refractivity contribution >= 4 is 45.7 Å². The van der Waals surface area contributed by atoms with Gasteiger partial charge in [-0.15, -0.1) is 10.2 Å². The molecule has 0 spiro atoms. The van der Waals surface area contributed by atoms with Gasteiger partial charge in [0.1, 0.15) is 23.4 Å². The first kappa shape index (κ1) is 33.5. The van der Waals surface area contributed by atoms with Crippen molar-refractivity contribution in [2.45, 2.75) is 62.8 Å². The fourth-order valence-corrected chi connectivity index (χ4v) is 7.46. The monoisotopic (exact) mass is 689 g/mol. The summed E-state index contributed by atoms with van der Waals surface area (Å²) in [6.07, 6.45) is 1.51. The zero-order valence-electron chi connectivity index (χ0n) is 27.1. The van der Waals surface area contributed by atoms with E-state index in [0.29, 0.717) is 58.3 Å². The summed E-state index contributed by atoms with van der Waals surface area (Å²) in [6, 6.07) is 15.7. The molecule has 2 aliphatic rings. The van der Waals surface area contributed by atoms with Crippen molar-refractivity contribution in [3.63, 3.8) is 0 Å². The Labute approximate surface area is 286 Å². The highest BCUT2D eigenvalue weighted by Crippen LogP contribution is 2.46. The number of aliphatic hydroxyl groups excluding tert-OH is 1. The van der Waals surface area contributed by atoms with E-state index in [1.165, 1.54) is 28.8 Å². The van der Waals surface area contributed by atoms with Crippen molar-refractivity contribution in [2.75, 3.05) is 18.1 Å². The number of halogens is 1. The number of nitrogens with zero attached hydrogens (tertiary/aromatic N) is 3. The van der Waals surface area contributed by atoms with Crippen molar-refractivity contribution in [2.24, 2.45) is 5.92 Å². The number of carbonyl (C=O) groups excluding carboxylic acids is 2. The molecule has 0 bridgehead atoms. The summed E-state index contributed by atoms with van der Waals surface area (Å²) in [6.45, 7) is 8.93. The van der Waals surface area contributed by atoms with Crippen LogP contribution in [0.4, 0.5) is 9.52 Å². The number of hydrogen-bond donors (Lipinski definition) is 1. The molecule has 12 heteroatoms. The second kappa shape index (κ2) is 14.4. The van der Waals surface area contributed by atoms with Gasteiger partial charge in [-0.2, -0.15) is 0 Å². The van der Waals surface area contributed by atoms with Crippen LogP contribution in [0.5, 0.6) is 17.2 Å². The third-order valence-electron chi connectivity index (χ3n) is 8.03. The highest BCUT2D eigenvalue weighted by molar-refractivity contribution is 8.00. The molecular formula is C36H36FN3O6S2. The van der Waals surface area contributed by atoms with Gasteiger partial charge in [-0.25, -0.2) is 4.39 Å². The molecule has 0 aliphatic carbocycles. The van der Waals surface area contributed by atoms with Crippen LogP contribution in [0, 0.1) is 11.7 Å². The maximum atomic E-state index is 13.8. The van der Waals surface area contributed by atoms with Gasteiger partial charge >= 0.3 is 5.91 Å². The van der Waals surface area contributed by atoms with E-state index < -0.39 is 17.7 Å². The minimum atomic E-state index is -1.03. The smallest absolute Gasteiger partial charge is 0.301 e. The van der Waals surface area contributed by atoms with E-state index in [0.717, 1.165) is 34.6 Å². The summed E-state index contributed by atoms with van der Waals surface area (Å²) < 4.78 is 31.8. The van der Waals surface area contributed by atoms with Crippen LogP contribution >= 0.6 is 23.1 Å². The molecule has 6 rings (SSSR count). The predicted molar refractivity (Wildman–Crippen MR) is 183 cm³/mol. The van der Waals surface area contributed by atoms with Gasteiger partial charge in [0.25, 0.3) is 5.78 Å². The zero-order valence-corrected chi connectivity index (χ0v) is 28.7. The third-order valence-corrected chi connectivity index (χ3v) is 10.2. The van der Waals surface area contributed by atoms with Crippen LogP contribution in [0.1, 0.15) is 62.4 Å². The summed E-state index contributed by atoms with van der Waals surface area (Å²) >= 11 is 2.54. The maximum absolute atomic E-state index is 13.8. The highest BCUT2D eigenvalue weighted by atomic mass is 32.2. The molecule has 2 unspecified atom stereocenters. The number of aromatic nitrogens is 2. The van der Waals surface area contributed by atoms with Crippen molar-refractivity contribution < 1.29 is 33.3 Å². The Morgan fingerprint density at radius 3 is 2.62 bits per heavy atom. The second-order valence-corrected chi connectivity index (χ2v) is 14.2. The summed E-state index contributed by atoms with van der Waals surface area (Å²) in [7, 11) is 0. The molecule has 2 aliphatic heterocycles. The van der Waals surface area contributed by atoms with Gasteiger partial charge in [-0.3, -0.25) is 14.5 Å². The molecule has 3 aromatic carbocycles. The standard InChI is InChI=1S/C36H36FN3O6S2/c1-5-44-29-18-23(8-13-28(29)45-15-14-20(2)3)31-30(32(41)24-9-12-27-25(17-24)16-21(4)46-27)33(42)34(43)40(31)35-38-39-36(48-35)47-19-22-6-10-26(37)11-7-22/h6-13,17-18,20-21,31,41H,5,14-16,19H2,1-4H3/b32-30+. The van der Waals surface area contributed by atoms with Gasteiger partial charge in [0.05, 0.1) is 24.8 Å². The molecule has 0 saturated carbocycles. The molecule has 3 heterocycles. The van der Waals surface area contributed by atoms with Crippen molar-refractivity contribution in [1.29, 1.82) is 0 Å². The predicted octanol–water partition coefficient (Wildman–Crippen LogP) is 7.74. The van der Waals surface area contributed by atoms with Gasteiger partial charge in [-0.1, -0.05) is 55.1 Å². The molecule has 0 radical (unpaired) electrons. The lowest BCUT2D eigenvalue weighted by Gasteiger charge is -2.24. The molecule has 48 heavy (non-hydrogen) atoms. The molecule has 1 saturated heterocycles. The van der Waals surface area contributed by atoms with Crippen molar-refractivity contribution in [1.82, 2.24) is 10.2 Å². The molecule has 9 nitrogen and oxygen atoms in total. The number of Topliss-reactive ketones (excluding diaryl/α,β-unsaturated/α-hetero) is 1. The second-order valence-electron chi connectivity index (χ2n) is 12.1. The van der Waals surface area contributed by atoms with E-state index in [9.17, 15) is 19.1 Å². The van der Waals surface area contributed by atoms with E-state index in [4.69, 9.17) is 14.2 Å². The summed E-state index contributed by atoms with van der Waals surface area (Å²) in [5, 5.41) is 20.5. The highest BCUT2D eigenvalue weighted by Gasteiger charge is 2.48. The van der Waals surface area contributed by atoms with Crippen LogP contribution in [-0.4, -0.2) is 46.3 Å². The molecule has 1 amide bonds. The Hall–Kier alpha value is -4.42. The van der Waals surface area contributed by atoms with E-state index in [1.807, 2.05) is 13.8 Å². The number of thioether (sulfide) groups is 1. The lowest BCUT2D eigenvalue weighted by atomic mass is 9.94. The van der Waals surface area contributed by atoms with E-state index >= 15 is 0 Å². The fourth-order valence-electron chi connectivity index (χ4n) is 5.64. The topological polar surface area (TPSA) is 111 Å². The minimum absolute atomic E-state index is 0.00578. The Bertz CT molecular complexity index is 1860. The first-order valence-electron chi connectivity index (χ1n) is 15.8. The number of ketones is 1. The average molecular weight is 690 g/mol. The van der Waals surface area contributed by atoms with E-state index in [2.05, 4.69) is 24.0 Å². The lowest BCUT2D eigenvalue weighted by molar-refractivity contribution is -0.132. The van der Waals surface area contributed by atoms with Crippen LogP contribution in [0.2, 0.25) is 0 Å². The summed E-state index contributed by atoms with van der Waals surface area (Å²) in [4.78, 5) is 28.9. The molecule has 4 aromatic rings. The van der Waals surface area contributed by atoms with Crippen LogP contribution in [0.25, 0.3) is 5.76 Å². The van der Waals surface area contributed by atoms with Gasteiger partial charge in [0.15, 0.2) is 15.8 Å². The number of anilines is 1. The normalized spacial score (nSPS) is 18.3. The van der Waals surface area contributed by atoms with Crippen molar-refractivity contribution in [3.8, 4) is 17.2 Å². The number of ether oxygens (including phenoxy) is 3. The molecule has 250 valence electrons. The van der Waals surface area contributed by atoms with E-state index in [-0.39, 0.29) is 28.4 Å². The molecule has 1 N–H and O–H groups in total. The zero-order chi connectivity index (χ0) is 33.9. The minimum Gasteiger partial charge on any atom is -0.507 e. The molecule has 2 atom stereocenters. The number of hydrogen-bond acceptors (Lipinski definition) is 10. The fraction of sp³-hybridized carbons (Fsp3) is 0.333. The number of rotatable bonds is 12. The Morgan fingerprint density at radius 1 is 1.08 bits per heavy atom. The Morgan fingerprint density at radius 2 is 1.88 bits per heavy atom. The van der Waals surface area contributed by atoms with Crippen LogP contribution in [0.15, 0.2) is 70.6 Å². The van der Waals surface area contributed by atoms with Gasteiger partial charge in [0, 0.05) is 17.7 Å². The molecule has 1 fully saturated rings. The maximum Gasteiger partial charge on any atom is 0.301 e. The Kier molecular flexibility index (Phi) is 10.0. The van der Waals surface area contributed by atoms with Gasteiger partial charge in [-0.05, 0) is 85.3 Å². The number of carbonyl (C=O) groups is 2. The summed E-state index contributed by atoms with van der Waals surface area (Å²) in [5.74, 6) is 0.408. The quantitative estimate of drug-likeness (QED) is 0.0525. The lowest BCUT2D eigenvalue weighted by Crippen LogP contribution is -2.29. The van der Waals surface area contributed by atoms with Crippen molar-refractivity contribution in [3.05, 3.63) is 94.3 Å². The van der Waals surface area contributed by atoms with Gasteiger partial charge in [0.2, 0.25) is 5.13 Å². The van der Waals surface area contributed by atoms with E-state index in [1.54, 1.807) is 48.5 Å². The largest absolute Gasteiger partial charge is 0.507 e. The Balaban J connectivity index is 1.40. The first-order chi connectivity index (χ1) is 23.1.